The minimum atomic E-state index is -0.676. The van der Waals surface area contributed by atoms with Crippen molar-refractivity contribution in [2.75, 3.05) is 13.2 Å². The molecule has 1 fully saturated rings. The average molecular weight is 376 g/mol. The first-order valence-corrected chi connectivity index (χ1v) is 9.31. The van der Waals surface area contributed by atoms with E-state index in [4.69, 9.17) is 9.47 Å². The molecule has 1 saturated carbocycles. The fraction of sp³-hybridized carbons (Fsp3) is 0.550. The van der Waals surface area contributed by atoms with E-state index in [2.05, 4.69) is 17.6 Å². The molecule has 0 saturated heterocycles. The Morgan fingerprint density at radius 1 is 1.07 bits per heavy atom. The zero-order chi connectivity index (χ0) is 19.8. The van der Waals surface area contributed by atoms with Crippen LogP contribution in [0.2, 0.25) is 0 Å². The van der Waals surface area contributed by atoms with Crippen LogP contribution in [-0.4, -0.2) is 37.2 Å². The molecule has 0 bridgehead atoms. The van der Waals surface area contributed by atoms with Crippen molar-refractivity contribution in [1.29, 1.82) is 0 Å². The highest BCUT2D eigenvalue weighted by Crippen LogP contribution is 2.23. The van der Waals surface area contributed by atoms with Crippen LogP contribution in [0.1, 0.15) is 43.7 Å². The van der Waals surface area contributed by atoms with Crippen molar-refractivity contribution in [2.24, 2.45) is 5.92 Å². The van der Waals surface area contributed by atoms with Gasteiger partial charge in [-0.15, -0.1) is 0 Å². The van der Waals surface area contributed by atoms with Gasteiger partial charge < -0.3 is 14.8 Å². The van der Waals surface area contributed by atoms with Crippen molar-refractivity contribution in [1.82, 2.24) is 10.6 Å². The van der Waals surface area contributed by atoms with Gasteiger partial charge in [-0.05, 0) is 55.9 Å². The molecule has 0 aromatic heterocycles. The van der Waals surface area contributed by atoms with Crippen LogP contribution in [-0.2, 0) is 14.3 Å². The summed E-state index contributed by atoms with van der Waals surface area (Å²) in [5.74, 6) is -0.402. The molecule has 0 radical (unpaired) electrons. The number of ether oxygens (including phenoxy) is 2. The largest absolute Gasteiger partial charge is 0.482 e. The van der Waals surface area contributed by atoms with Gasteiger partial charge in [-0.2, -0.15) is 0 Å². The molecule has 1 aromatic carbocycles. The van der Waals surface area contributed by atoms with Gasteiger partial charge in [0.15, 0.2) is 13.2 Å². The van der Waals surface area contributed by atoms with Crippen LogP contribution < -0.4 is 15.4 Å². The van der Waals surface area contributed by atoms with Gasteiger partial charge in [0.05, 0.1) is 0 Å². The minimum Gasteiger partial charge on any atom is -0.482 e. The van der Waals surface area contributed by atoms with Gasteiger partial charge in [-0.1, -0.05) is 25.8 Å². The Balaban J connectivity index is 1.65. The zero-order valence-corrected chi connectivity index (χ0v) is 16.2. The minimum absolute atomic E-state index is 0.0699. The van der Waals surface area contributed by atoms with E-state index in [0.717, 1.165) is 30.4 Å². The lowest BCUT2D eigenvalue weighted by Crippen LogP contribution is -2.48. The summed E-state index contributed by atoms with van der Waals surface area (Å²) in [6, 6.07) is 5.00. The van der Waals surface area contributed by atoms with Crippen molar-refractivity contribution in [2.45, 2.75) is 52.5 Å². The van der Waals surface area contributed by atoms with Crippen molar-refractivity contribution >= 4 is 17.9 Å². The number of benzene rings is 1. The van der Waals surface area contributed by atoms with Crippen LogP contribution in [0.5, 0.6) is 5.75 Å². The van der Waals surface area contributed by atoms with E-state index in [1.807, 2.05) is 26.0 Å². The predicted octanol–water partition coefficient (Wildman–Crippen LogP) is 2.63. The Morgan fingerprint density at radius 2 is 1.81 bits per heavy atom. The maximum atomic E-state index is 11.9. The number of imide groups is 1. The van der Waals surface area contributed by atoms with E-state index in [-0.39, 0.29) is 12.6 Å². The molecule has 7 heteroatoms. The van der Waals surface area contributed by atoms with Crippen LogP contribution >= 0.6 is 0 Å². The zero-order valence-electron chi connectivity index (χ0n) is 16.2. The lowest BCUT2D eigenvalue weighted by atomic mass is 9.86. The molecule has 0 unspecified atom stereocenters. The van der Waals surface area contributed by atoms with Crippen molar-refractivity contribution < 1.29 is 23.9 Å². The summed E-state index contributed by atoms with van der Waals surface area (Å²) in [5.41, 5.74) is 2.18. The van der Waals surface area contributed by atoms with Gasteiger partial charge in [0, 0.05) is 6.04 Å². The third kappa shape index (κ3) is 6.92. The fourth-order valence-corrected chi connectivity index (χ4v) is 3.03. The molecule has 1 aromatic rings. The third-order valence-corrected chi connectivity index (χ3v) is 4.88. The first-order valence-electron chi connectivity index (χ1n) is 9.31. The van der Waals surface area contributed by atoms with E-state index in [9.17, 15) is 14.4 Å². The standard InChI is InChI=1S/C20H28N2O5/c1-13-8-9-16(10-15(13)3)26-12-19(24)27-11-18(23)22-20(25)21-17-7-5-4-6-14(17)2/h8-10,14,17H,4-7,11-12H2,1-3H3,(H2,21,22,23,25)/t14-,17+/m1/s1. The first-order chi connectivity index (χ1) is 12.8. The maximum absolute atomic E-state index is 11.9. The average Bonchev–Trinajstić information content (AvgIpc) is 2.63. The van der Waals surface area contributed by atoms with Gasteiger partial charge in [-0.25, -0.2) is 9.59 Å². The number of aryl methyl sites for hydroxylation is 2. The SMILES string of the molecule is Cc1ccc(OCC(=O)OCC(=O)NC(=O)N[C@H]2CCCC[C@H]2C)cc1C. The molecule has 1 aliphatic carbocycles. The summed E-state index contributed by atoms with van der Waals surface area (Å²) >= 11 is 0. The van der Waals surface area contributed by atoms with Gasteiger partial charge >= 0.3 is 12.0 Å². The molecule has 2 N–H and O–H groups in total. The summed E-state index contributed by atoms with van der Waals surface area (Å²) in [7, 11) is 0. The number of carbonyl (C=O) groups excluding carboxylic acids is 3. The van der Waals surface area contributed by atoms with Crippen LogP contribution in [0.3, 0.4) is 0 Å². The van der Waals surface area contributed by atoms with E-state index in [0.29, 0.717) is 11.7 Å². The molecule has 2 rings (SSSR count). The van der Waals surface area contributed by atoms with Gasteiger partial charge in [0.1, 0.15) is 5.75 Å². The summed E-state index contributed by atoms with van der Waals surface area (Å²) in [4.78, 5) is 35.3. The highest BCUT2D eigenvalue weighted by atomic mass is 16.6. The van der Waals surface area contributed by atoms with Crippen LogP contribution in [0.25, 0.3) is 0 Å². The maximum Gasteiger partial charge on any atom is 0.344 e. The molecule has 148 valence electrons. The van der Waals surface area contributed by atoms with Gasteiger partial charge in [0.2, 0.25) is 0 Å². The number of carbonyl (C=O) groups is 3. The van der Waals surface area contributed by atoms with E-state index >= 15 is 0 Å². The summed E-state index contributed by atoms with van der Waals surface area (Å²) < 4.78 is 10.2. The Labute approximate surface area is 159 Å². The molecular weight excluding hydrogens is 348 g/mol. The topological polar surface area (TPSA) is 93.7 Å². The number of nitrogens with one attached hydrogen (secondary N) is 2. The van der Waals surface area contributed by atoms with E-state index < -0.39 is 24.5 Å². The van der Waals surface area contributed by atoms with Crippen LogP contribution in [0, 0.1) is 19.8 Å². The molecule has 0 aliphatic heterocycles. The Bertz CT molecular complexity index is 689. The second-order valence-electron chi connectivity index (χ2n) is 7.09. The molecular formula is C20H28N2O5. The number of rotatable bonds is 6. The monoisotopic (exact) mass is 376 g/mol. The van der Waals surface area contributed by atoms with Gasteiger partial charge in [0.25, 0.3) is 5.91 Å². The number of hydrogen-bond donors (Lipinski definition) is 2. The molecule has 1 aliphatic rings. The van der Waals surface area contributed by atoms with Crippen molar-refractivity contribution in [3.8, 4) is 5.75 Å². The van der Waals surface area contributed by atoms with Gasteiger partial charge in [-0.3, -0.25) is 10.1 Å². The highest BCUT2D eigenvalue weighted by molar-refractivity contribution is 5.95. The van der Waals surface area contributed by atoms with E-state index in [1.165, 1.54) is 6.42 Å². The fourth-order valence-electron chi connectivity index (χ4n) is 3.03. The number of esters is 1. The van der Waals surface area contributed by atoms with Crippen LogP contribution in [0.15, 0.2) is 18.2 Å². The van der Waals surface area contributed by atoms with E-state index in [1.54, 1.807) is 6.07 Å². The third-order valence-electron chi connectivity index (χ3n) is 4.88. The van der Waals surface area contributed by atoms with Crippen LogP contribution in [0.4, 0.5) is 4.79 Å². The molecule has 2 atom stereocenters. The Morgan fingerprint density at radius 3 is 2.52 bits per heavy atom. The van der Waals surface area contributed by atoms with Crippen molar-refractivity contribution in [3.63, 3.8) is 0 Å². The number of urea groups is 1. The Kier molecular flexibility index (Phi) is 7.64. The Hall–Kier alpha value is -2.57. The quantitative estimate of drug-likeness (QED) is 0.745. The first kappa shape index (κ1) is 20.7. The predicted molar refractivity (Wildman–Crippen MR) is 100 cm³/mol. The second kappa shape index (κ2) is 9.94. The highest BCUT2D eigenvalue weighted by Gasteiger charge is 2.23. The number of amides is 3. The molecule has 0 spiro atoms. The molecule has 27 heavy (non-hydrogen) atoms. The lowest BCUT2D eigenvalue weighted by molar-refractivity contribution is -0.150. The second-order valence-corrected chi connectivity index (χ2v) is 7.09. The smallest absolute Gasteiger partial charge is 0.344 e. The molecule has 3 amide bonds. The summed E-state index contributed by atoms with van der Waals surface area (Å²) in [5, 5.41) is 4.99. The summed E-state index contributed by atoms with van der Waals surface area (Å²) in [6.07, 6.45) is 4.21. The normalized spacial score (nSPS) is 19.1. The number of hydrogen-bond acceptors (Lipinski definition) is 5. The molecule has 0 heterocycles. The van der Waals surface area contributed by atoms with Crippen molar-refractivity contribution in [3.05, 3.63) is 29.3 Å². The molecule has 7 nitrogen and oxygen atoms in total. The summed E-state index contributed by atoms with van der Waals surface area (Å²) in [6.45, 7) is 5.19. The lowest BCUT2D eigenvalue weighted by Gasteiger charge is -2.29.